The van der Waals surface area contributed by atoms with E-state index < -0.39 is 10.0 Å². The van der Waals surface area contributed by atoms with E-state index in [0.29, 0.717) is 44.8 Å². The lowest BCUT2D eigenvalue weighted by molar-refractivity contribution is -0.133. The number of likely N-dealkylation sites (tertiary alicyclic amines) is 1. The third-order valence-corrected chi connectivity index (χ3v) is 8.83. The van der Waals surface area contributed by atoms with Crippen LogP contribution in [0.2, 0.25) is 0 Å². The Kier molecular flexibility index (Phi) is 6.62. The van der Waals surface area contributed by atoms with E-state index in [9.17, 15) is 13.2 Å². The number of carbonyl (C=O) groups excluding carboxylic acids is 1. The molecule has 7 heteroatoms. The normalized spacial score (nSPS) is 23.2. The van der Waals surface area contributed by atoms with E-state index in [1.54, 1.807) is 9.21 Å². The molecule has 2 aromatic rings. The van der Waals surface area contributed by atoms with Crippen molar-refractivity contribution in [3.63, 3.8) is 0 Å². The average molecular weight is 443 g/mol. The number of benzene rings is 2. The van der Waals surface area contributed by atoms with E-state index in [1.165, 1.54) is 0 Å². The highest BCUT2D eigenvalue weighted by molar-refractivity contribution is 7.90. The monoisotopic (exact) mass is 442 g/mol. The first-order valence-corrected chi connectivity index (χ1v) is 12.4. The molecule has 0 N–H and O–H groups in total. The lowest BCUT2D eigenvalue weighted by Gasteiger charge is -2.22. The smallest absolute Gasteiger partial charge is 0.260 e. The van der Waals surface area contributed by atoms with E-state index in [0.717, 1.165) is 17.5 Å². The maximum Gasteiger partial charge on any atom is 0.260 e. The number of rotatable bonds is 6. The highest BCUT2D eigenvalue weighted by Crippen LogP contribution is 2.34. The Morgan fingerprint density at radius 3 is 2.48 bits per heavy atom. The molecule has 0 saturated carbocycles. The Morgan fingerprint density at radius 1 is 1.03 bits per heavy atom. The Labute approximate surface area is 184 Å². The van der Waals surface area contributed by atoms with Crippen molar-refractivity contribution in [1.29, 1.82) is 0 Å². The van der Waals surface area contributed by atoms with Crippen molar-refractivity contribution in [1.82, 2.24) is 9.21 Å². The zero-order chi connectivity index (χ0) is 21.8. The summed E-state index contributed by atoms with van der Waals surface area (Å²) in [4.78, 5) is 14.4. The van der Waals surface area contributed by atoms with Gasteiger partial charge >= 0.3 is 0 Å². The van der Waals surface area contributed by atoms with Crippen LogP contribution >= 0.6 is 0 Å². The van der Waals surface area contributed by atoms with Crippen LogP contribution in [0.5, 0.6) is 5.75 Å². The van der Waals surface area contributed by atoms with E-state index in [4.69, 9.17) is 4.74 Å². The summed E-state index contributed by atoms with van der Waals surface area (Å²) < 4.78 is 33.5. The van der Waals surface area contributed by atoms with Crippen LogP contribution in [-0.2, 0) is 21.2 Å². The molecule has 2 atom stereocenters. The van der Waals surface area contributed by atoms with Gasteiger partial charge in [0, 0.05) is 26.2 Å². The summed E-state index contributed by atoms with van der Waals surface area (Å²) in [7, 11) is -3.33. The van der Waals surface area contributed by atoms with Gasteiger partial charge in [0.05, 0.1) is 5.25 Å². The molecule has 0 aliphatic carbocycles. The number of sulfonamides is 1. The molecule has 0 unspecified atom stereocenters. The summed E-state index contributed by atoms with van der Waals surface area (Å²) in [6.07, 6.45) is 1.92. The lowest BCUT2D eigenvalue weighted by Crippen LogP contribution is -2.37. The number of nitrogens with zero attached hydrogens (tertiary/aromatic N) is 2. The molecule has 2 aromatic carbocycles. The van der Waals surface area contributed by atoms with Gasteiger partial charge in [-0.05, 0) is 49.8 Å². The SMILES string of the molecule is Cc1ccc(OCC(=O)N2CC[C@@H]3CN(CCc4ccccc4)S(=O)(=O)[C@@H]3CC2)cc1. The van der Waals surface area contributed by atoms with Crippen LogP contribution in [-0.4, -0.2) is 61.6 Å². The Hall–Kier alpha value is -2.38. The molecule has 0 bridgehead atoms. The van der Waals surface area contributed by atoms with Gasteiger partial charge in [-0.1, -0.05) is 48.0 Å². The van der Waals surface area contributed by atoms with E-state index >= 15 is 0 Å². The molecule has 4 rings (SSSR count). The van der Waals surface area contributed by atoms with Gasteiger partial charge in [-0.3, -0.25) is 4.79 Å². The van der Waals surface area contributed by atoms with Gasteiger partial charge in [-0.15, -0.1) is 0 Å². The minimum absolute atomic E-state index is 0.0195. The number of hydrogen-bond donors (Lipinski definition) is 0. The van der Waals surface area contributed by atoms with Crippen molar-refractivity contribution in [3.05, 3.63) is 65.7 Å². The van der Waals surface area contributed by atoms with Crippen molar-refractivity contribution in [2.45, 2.75) is 31.4 Å². The fraction of sp³-hybridized carbons (Fsp3) is 0.458. The third-order valence-electron chi connectivity index (χ3n) is 6.39. The number of ether oxygens (including phenoxy) is 1. The number of carbonyl (C=O) groups is 1. The quantitative estimate of drug-likeness (QED) is 0.690. The van der Waals surface area contributed by atoms with Gasteiger partial charge in [0.1, 0.15) is 5.75 Å². The molecule has 166 valence electrons. The van der Waals surface area contributed by atoms with Crippen molar-refractivity contribution in [3.8, 4) is 5.75 Å². The lowest BCUT2D eigenvalue weighted by atomic mass is 10.0. The van der Waals surface area contributed by atoms with Gasteiger partial charge in [-0.2, -0.15) is 0 Å². The molecule has 2 aliphatic rings. The molecule has 0 aromatic heterocycles. The zero-order valence-electron chi connectivity index (χ0n) is 17.9. The van der Waals surface area contributed by atoms with Crippen LogP contribution in [0.1, 0.15) is 24.0 Å². The predicted octanol–water partition coefficient (Wildman–Crippen LogP) is 2.87. The average Bonchev–Trinajstić information content (AvgIpc) is 2.90. The van der Waals surface area contributed by atoms with E-state index in [-0.39, 0.29) is 23.7 Å². The fourth-order valence-electron chi connectivity index (χ4n) is 4.53. The van der Waals surface area contributed by atoms with Crippen LogP contribution in [0.25, 0.3) is 0 Å². The first-order valence-electron chi connectivity index (χ1n) is 10.9. The summed E-state index contributed by atoms with van der Waals surface area (Å²) in [5, 5.41) is -0.390. The Bertz CT molecular complexity index is 992. The van der Waals surface area contributed by atoms with Gasteiger partial charge < -0.3 is 9.64 Å². The van der Waals surface area contributed by atoms with Crippen molar-refractivity contribution >= 4 is 15.9 Å². The summed E-state index contributed by atoms with van der Waals surface area (Å²) >= 11 is 0. The minimum atomic E-state index is -3.33. The molecule has 2 saturated heterocycles. The minimum Gasteiger partial charge on any atom is -0.484 e. The zero-order valence-corrected chi connectivity index (χ0v) is 18.8. The maximum absolute atomic E-state index is 13.1. The number of amides is 1. The first-order chi connectivity index (χ1) is 14.9. The topological polar surface area (TPSA) is 66.9 Å². The first kappa shape index (κ1) is 21.8. The van der Waals surface area contributed by atoms with Gasteiger partial charge in [-0.25, -0.2) is 12.7 Å². The highest BCUT2D eigenvalue weighted by atomic mass is 32.2. The summed E-state index contributed by atoms with van der Waals surface area (Å²) in [5.41, 5.74) is 2.28. The van der Waals surface area contributed by atoms with E-state index in [1.807, 2.05) is 61.5 Å². The second-order valence-electron chi connectivity index (χ2n) is 8.50. The Morgan fingerprint density at radius 2 is 1.74 bits per heavy atom. The van der Waals surface area contributed by atoms with E-state index in [2.05, 4.69) is 0 Å². The summed E-state index contributed by atoms with van der Waals surface area (Å²) in [6, 6.07) is 17.6. The van der Waals surface area contributed by atoms with Crippen molar-refractivity contribution in [2.75, 3.05) is 32.8 Å². The maximum atomic E-state index is 13.1. The molecular formula is C24H30N2O4S. The molecular weight excluding hydrogens is 412 g/mol. The van der Waals surface area contributed by atoms with Gasteiger partial charge in [0.2, 0.25) is 10.0 Å². The largest absolute Gasteiger partial charge is 0.484 e. The molecule has 0 radical (unpaired) electrons. The highest BCUT2D eigenvalue weighted by Gasteiger charge is 2.46. The fourth-order valence-corrected chi connectivity index (χ4v) is 6.77. The Balaban J connectivity index is 1.31. The number of aryl methyl sites for hydroxylation is 1. The molecule has 2 fully saturated rings. The summed E-state index contributed by atoms with van der Waals surface area (Å²) in [6.45, 7) is 4.10. The molecule has 31 heavy (non-hydrogen) atoms. The molecule has 0 spiro atoms. The second kappa shape index (κ2) is 9.40. The van der Waals surface area contributed by atoms with Gasteiger partial charge in [0.15, 0.2) is 6.61 Å². The predicted molar refractivity (Wildman–Crippen MR) is 120 cm³/mol. The third kappa shape index (κ3) is 5.10. The second-order valence-corrected chi connectivity index (χ2v) is 10.6. The van der Waals surface area contributed by atoms with Crippen LogP contribution in [0.15, 0.2) is 54.6 Å². The summed E-state index contributed by atoms with van der Waals surface area (Å²) in [5.74, 6) is 0.665. The van der Waals surface area contributed by atoms with Crippen LogP contribution < -0.4 is 4.74 Å². The van der Waals surface area contributed by atoms with Crippen LogP contribution in [0, 0.1) is 12.8 Å². The van der Waals surface area contributed by atoms with Gasteiger partial charge in [0.25, 0.3) is 5.91 Å². The van der Waals surface area contributed by atoms with Crippen LogP contribution in [0.3, 0.4) is 0 Å². The molecule has 6 nitrogen and oxygen atoms in total. The number of hydrogen-bond acceptors (Lipinski definition) is 4. The van der Waals surface area contributed by atoms with Crippen LogP contribution in [0.4, 0.5) is 0 Å². The van der Waals surface area contributed by atoms with Crippen molar-refractivity contribution in [2.24, 2.45) is 5.92 Å². The van der Waals surface area contributed by atoms with Crippen molar-refractivity contribution < 1.29 is 17.9 Å². The molecule has 2 heterocycles. The molecule has 2 aliphatic heterocycles. The standard InChI is InChI=1S/C24H30N2O4S/c1-19-7-9-22(10-8-19)30-18-24(27)25-14-12-21-17-26(31(28,29)23(21)13-15-25)16-11-20-5-3-2-4-6-20/h2-10,21,23H,11-18H2,1H3/t21-,23-/m1/s1. The number of fused-ring (bicyclic) bond motifs is 1. The molecule has 1 amide bonds.